The summed E-state index contributed by atoms with van der Waals surface area (Å²) >= 11 is 12.4. The van der Waals surface area contributed by atoms with Gasteiger partial charge in [0.2, 0.25) is 10.0 Å². The van der Waals surface area contributed by atoms with E-state index >= 15 is 0 Å². The van der Waals surface area contributed by atoms with Crippen LogP contribution in [0.25, 0.3) is 22.4 Å². The van der Waals surface area contributed by atoms with Crippen molar-refractivity contribution in [2.75, 3.05) is 6.54 Å². The van der Waals surface area contributed by atoms with Gasteiger partial charge in [-0.15, -0.1) is 13.2 Å². The van der Waals surface area contributed by atoms with E-state index in [1.807, 2.05) is 0 Å². The van der Waals surface area contributed by atoms with Gasteiger partial charge in [0.15, 0.2) is 0 Å². The third-order valence-corrected chi connectivity index (χ3v) is 8.25. The third-order valence-electron chi connectivity index (χ3n) is 6.23. The molecule has 1 heterocycles. The van der Waals surface area contributed by atoms with E-state index in [2.05, 4.69) is 14.4 Å². The van der Waals surface area contributed by atoms with Gasteiger partial charge in [-0.05, 0) is 72.6 Å². The van der Waals surface area contributed by atoms with Crippen molar-refractivity contribution >= 4 is 33.2 Å². The van der Waals surface area contributed by atoms with E-state index in [0.29, 0.717) is 6.07 Å². The first-order valence-electron chi connectivity index (χ1n) is 12.3. The van der Waals surface area contributed by atoms with Gasteiger partial charge in [0.25, 0.3) is 5.56 Å². The lowest BCUT2D eigenvalue weighted by Crippen LogP contribution is -2.26. The second-order valence-corrected chi connectivity index (χ2v) is 11.8. The molecule has 4 aromatic rings. The maximum absolute atomic E-state index is 13.4. The summed E-state index contributed by atoms with van der Waals surface area (Å²) in [6.45, 7) is -0.328. The predicted octanol–water partition coefficient (Wildman–Crippen LogP) is 7.03. The minimum Gasteiger partial charge on any atom is -0.507 e. The van der Waals surface area contributed by atoms with Gasteiger partial charge in [-0.25, -0.2) is 13.1 Å². The van der Waals surface area contributed by atoms with Crippen molar-refractivity contribution in [3.63, 3.8) is 0 Å². The molecule has 0 amide bonds. The molecule has 45 heavy (non-hydrogen) atoms. The zero-order valence-electron chi connectivity index (χ0n) is 22.1. The van der Waals surface area contributed by atoms with Gasteiger partial charge in [-0.3, -0.25) is 4.79 Å². The predicted molar refractivity (Wildman–Crippen MR) is 151 cm³/mol. The number of nitrogens with zero attached hydrogens (tertiary/aromatic N) is 1. The van der Waals surface area contributed by atoms with Gasteiger partial charge >= 0.3 is 12.5 Å². The van der Waals surface area contributed by atoms with Crippen molar-refractivity contribution in [2.24, 2.45) is 0 Å². The molecule has 0 saturated carbocycles. The topological polar surface area (TPSA) is 132 Å². The molecular formula is C28H17Cl2F6N3O5S. The molecule has 0 unspecified atom stereocenters. The molecule has 17 heteroatoms. The van der Waals surface area contributed by atoms with E-state index in [4.69, 9.17) is 23.2 Å². The van der Waals surface area contributed by atoms with Crippen LogP contribution in [0.3, 0.4) is 0 Å². The van der Waals surface area contributed by atoms with Crippen LogP contribution in [0.4, 0.5) is 26.3 Å². The van der Waals surface area contributed by atoms with Crippen LogP contribution >= 0.6 is 23.2 Å². The number of sulfonamides is 1. The van der Waals surface area contributed by atoms with Crippen LogP contribution in [-0.2, 0) is 22.6 Å². The molecule has 0 fully saturated rings. The monoisotopic (exact) mass is 691 g/mol. The number of alkyl halides is 6. The van der Waals surface area contributed by atoms with Gasteiger partial charge in [0.05, 0.1) is 16.2 Å². The molecule has 3 aromatic carbocycles. The van der Waals surface area contributed by atoms with Crippen LogP contribution in [0.15, 0.2) is 70.4 Å². The number of phenols is 1. The van der Waals surface area contributed by atoms with Crippen molar-refractivity contribution in [1.82, 2.24) is 9.71 Å². The Balaban J connectivity index is 1.65. The lowest BCUT2D eigenvalue weighted by atomic mass is 9.96. The number of benzene rings is 3. The van der Waals surface area contributed by atoms with Gasteiger partial charge in [-0.1, -0.05) is 23.2 Å². The average molecular weight is 692 g/mol. The van der Waals surface area contributed by atoms with Gasteiger partial charge in [0, 0.05) is 33.3 Å². The minimum absolute atomic E-state index is 0.0183. The quantitative estimate of drug-likeness (QED) is 0.170. The number of halogens is 8. The first kappa shape index (κ1) is 33.7. The van der Waals surface area contributed by atoms with E-state index < -0.39 is 50.7 Å². The van der Waals surface area contributed by atoms with Gasteiger partial charge in [0.1, 0.15) is 23.1 Å². The number of aromatic amines is 1. The maximum Gasteiger partial charge on any atom is 0.573 e. The zero-order chi connectivity index (χ0) is 33.3. The van der Waals surface area contributed by atoms with Crippen molar-refractivity contribution in [3.8, 4) is 40.0 Å². The molecule has 0 aliphatic carbocycles. The number of H-pyrrole nitrogens is 1. The van der Waals surface area contributed by atoms with E-state index in [1.165, 1.54) is 12.1 Å². The van der Waals surface area contributed by atoms with Crippen molar-refractivity contribution < 1.29 is 44.6 Å². The van der Waals surface area contributed by atoms with E-state index in [-0.39, 0.29) is 55.9 Å². The van der Waals surface area contributed by atoms with Crippen molar-refractivity contribution in [3.05, 3.63) is 97.8 Å². The Morgan fingerprint density at radius 3 is 2.20 bits per heavy atom. The summed E-state index contributed by atoms with van der Waals surface area (Å²) in [5.41, 5.74) is -3.34. The maximum atomic E-state index is 13.4. The Morgan fingerprint density at radius 2 is 1.60 bits per heavy atom. The number of aromatic hydroxyl groups is 1. The number of nitrogens with one attached hydrogen (secondary N) is 2. The molecule has 0 bridgehead atoms. The fourth-order valence-electron chi connectivity index (χ4n) is 4.21. The fraction of sp³-hybridized carbons (Fsp3) is 0.143. The number of pyridine rings is 1. The highest BCUT2D eigenvalue weighted by Gasteiger charge is 2.32. The summed E-state index contributed by atoms with van der Waals surface area (Å²) in [6, 6.07) is 11.1. The smallest absolute Gasteiger partial charge is 0.507 e. The lowest BCUT2D eigenvalue weighted by molar-refractivity contribution is -0.274. The fourth-order valence-corrected chi connectivity index (χ4v) is 5.70. The van der Waals surface area contributed by atoms with Crippen LogP contribution in [0.2, 0.25) is 10.0 Å². The standard InChI is InChI=1S/C28H17Cl2F6N3O5S/c29-16-9-14(7-8-38-45(42,43)18-4-2-17(3-5-18)44-28(34,35)36)25(40)21(11-16)24-12-19(22(13-37)26(41)39-24)20-10-15(27(31,32)33)1-6-23(20)30/h1-6,9-12,38,40H,7-8H2,(H,39,41). The molecule has 0 atom stereocenters. The Labute approximate surface area is 260 Å². The van der Waals surface area contributed by atoms with Crippen molar-refractivity contribution in [1.29, 1.82) is 5.26 Å². The normalized spacial score (nSPS) is 12.2. The van der Waals surface area contributed by atoms with Crippen LogP contribution in [-0.4, -0.2) is 31.4 Å². The number of hydrogen-bond acceptors (Lipinski definition) is 6. The molecule has 1 aromatic heterocycles. The van der Waals surface area contributed by atoms with E-state index in [1.54, 1.807) is 6.07 Å². The first-order chi connectivity index (χ1) is 20.9. The van der Waals surface area contributed by atoms with Gasteiger partial charge in [-0.2, -0.15) is 18.4 Å². The van der Waals surface area contributed by atoms with Crippen LogP contribution in [0.5, 0.6) is 11.5 Å². The molecule has 236 valence electrons. The Hall–Kier alpha value is -4.23. The average Bonchev–Trinajstić information content (AvgIpc) is 2.93. The first-order valence-corrected chi connectivity index (χ1v) is 14.6. The van der Waals surface area contributed by atoms with Gasteiger partial charge < -0.3 is 14.8 Å². The number of aromatic nitrogens is 1. The molecule has 0 aliphatic heterocycles. The molecule has 0 spiro atoms. The Kier molecular flexibility index (Phi) is 9.45. The lowest BCUT2D eigenvalue weighted by Gasteiger charge is -2.15. The summed E-state index contributed by atoms with van der Waals surface area (Å²) in [7, 11) is -4.22. The summed E-state index contributed by atoms with van der Waals surface area (Å²) in [6.07, 6.45) is -9.91. The molecule has 8 nitrogen and oxygen atoms in total. The number of hydrogen-bond donors (Lipinski definition) is 3. The minimum atomic E-state index is -4.96. The number of rotatable bonds is 8. The molecule has 0 saturated heterocycles. The summed E-state index contributed by atoms with van der Waals surface area (Å²) in [5, 5.41) is 20.4. The second-order valence-electron chi connectivity index (χ2n) is 9.23. The SMILES string of the molecule is N#Cc1c(-c2cc(C(F)(F)F)ccc2Cl)cc(-c2cc(Cl)cc(CCNS(=O)(=O)c3ccc(OC(F)(F)F)cc3)c2O)[nH]c1=O. The third kappa shape index (κ3) is 7.90. The molecule has 0 radical (unpaired) electrons. The number of ether oxygens (including phenoxy) is 1. The van der Waals surface area contributed by atoms with E-state index in [0.717, 1.165) is 42.5 Å². The highest BCUT2D eigenvalue weighted by molar-refractivity contribution is 7.89. The zero-order valence-corrected chi connectivity index (χ0v) is 24.5. The van der Waals surface area contributed by atoms with E-state index in [9.17, 15) is 49.9 Å². The Bertz CT molecular complexity index is 1970. The summed E-state index contributed by atoms with van der Waals surface area (Å²) in [4.78, 5) is 14.8. The molecular weight excluding hydrogens is 675 g/mol. The number of nitriles is 1. The second kappa shape index (κ2) is 12.6. The van der Waals surface area contributed by atoms with Crippen LogP contribution in [0.1, 0.15) is 16.7 Å². The largest absolute Gasteiger partial charge is 0.573 e. The molecule has 3 N–H and O–H groups in total. The molecule has 4 rings (SSSR count). The highest BCUT2D eigenvalue weighted by atomic mass is 35.5. The van der Waals surface area contributed by atoms with Crippen molar-refractivity contribution in [2.45, 2.75) is 23.9 Å². The van der Waals surface area contributed by atoms with Crippen LogP contribution in [0, 0.1) is 11.3 Å². The Morgan fingerprint density at radius 1 is 0.933 bits per heavy atom. The van der Waals surface area contributed by atoms with Crippen LogP contribution < -0.4 is 15.0 Å². The summed E-state index contributed by atoms with van der Waals surface area (Å²) in [5.74, 6) is -1.11. The highest BCUT2D eigenvalue weighted by Crippen LogP contribution is 2.40. The number of phenolic OH excluding ortho intramolecular Hbond substituents is 1. The summed E-state index contributed by atoms with van der Waals surface area (Å²) < 4.78 is 108. The molecule has 0 aliphatic rings.